The molecule has 1 heterocycles. The molecule has 1 unspecified atom stereocenters. The fourth-order valence-corrected chi connectivity index (χ4v) is 2.49. The zero-order chi connectivity index (χ0) is 13.5. The van der Waals surface area contributed by atoms with Crippen LogP contribution >= 0.6 is 0 Å². The zero-order valence-electron chi connectivity index (χ0n) is 11.6. The molecular weight excluding hydrogens is 234 g/mol. The van der Waals surface area contributed by atoms with Crippen LogP contribution in [0, 0.1) is 0 Å². The van der Waals surface area contributed by atoms with E-state index in [1.54, 1.807) is 0 Å². The van der Waals surface area contributed by atoms with Crippen molar-refractivity contribution >= 4 is 10.8 Å². The third-order valence-electron chi connectivity index (χ3n) is 3.58. The molecule has 3 N–H and O–H groups in total. The summed E-state index contributed by atoms with van der Waals surface area (Å²) in [5, 5.41) is 2.42. The van der Waals surface area contributed by atoms with Crippen LogP contribution in [0.4, 0.5) is 0 Å². The minimum absolute atomic E-state index is 0.142. The van der Waals surface area contributed by atoms with E-state index in [4.69, 9.17) is 5.84 Å². The van der Waals surface area contributed by atoms with Gasteiger partial charge in [-0.2, -0.15) is 0 Å². The molecule has 1 atom stereocenters. The molecule has 0 amide bonds. The molecule has 2 aromatic rings. The van der Waals surface area contributed by atoms with Crippen LogP contribution in [-0.2, 0) is 0 Å². The number of rotatable bonds is 7. The highest BCUT2D eigenvalue weighted by Crippen LogP contribution is 2.25. The van der Waals surface area contributed by atoms with Crippen LogP contribution in [0.3, 0.4) is 0 Å². The van der Waals surface area contributed by atoms with E-state index in [2.05, 4.69) is 41.6 Å². The van der Waals surface area contributed by atoms with Gasteiger partial charge >= 0.3 is 0 Å². The lowest BCUT2D eigenvalue weighted by molar-refractivity contribution is 0.476. The van der Waals surface area contributed by atoms with Crippen molar-refractivity contribution in [3.63, 3.8) is 0 Å². The Bertz CT molecular complexity index is 505. The number of nitrogens with two attached hydrogens (primary N) is 1. The Labute approximate surface area is 115 Å². The van der Waals surface area contributed by atoms with E-state index in [0.717, 1.165) is 12.1 Å². The van der Waals surface area contributed by atoms with E-state index >= 15 is 0 Å². The van der Waals surface area contributed by atoms with Gasteiger partial charge in [0, 0.05) is 11.6 Å². The Morgan fingerprint density at radius 1 is 1.16 bits per heavy atom. The smallest absolute Gasteiger partial charge is 0.0664 e. The lowest BCUT2D eigenvalue weighted by Crippen LogP contribution is -2.28. The number of hydrogen-bond donors (Lipinski definition) is 2. The number of fused-ring (bicyclic) bond motifs is 1. The summed E-state index contributed by atoms with van der Waals surface area (Å²) >= 11 is 0. The van der Waals surface area contributed by atoms with Crippen LogP contribution in [0.1, 0.15) is 50.8 Å². The molecule has 102 valence electrons. The quantitative estimate of drug-likeness (QED) is 0.451. The highest BCUT2D eigenvalue weighted by atomic mass is 15.2. The number of aromatic nitrogens is 1. The van der Waals surface area contributed by atoms with Crippen molar-refractivity contribution in [1.82, 2.24) is 10.4 Å². The molecular formula is C16H23N3. The van der Waals surface area contributed by atoms with Crippen molar-refractivity contribution in [2.45, 2.75) is 45.1 Å². The first kappa shape index (κ1) is 14.0. The fourth-order valence-electron chi connectivity index (χ4n) is 2.49. The SMILES string of the molecule is CCCCCCC(NN)c1nccc2ccccc12. The van der Waals surface area contributed by atoms with Gasteiger partial charge in [-0.3, -0.25) is 16.3 Å². The van der Waals surface area contributed by atoms with Gasteiger partial charge in [0.1, 0.15) is 0 Å². The molecule has 3 nitrogen and oxygen atoms in total. The van der Waals surface area contributed by atoms with Gasteiger partial charge in [0.25, 0.3) is 0 Å². The molecule has 0 spiro atoms. The fraction of sp³-hybridized carbons (Fsp3) is 0.438. The summed E-state index contributed by atoms with van der Waals surface area (Å²) in [5.74, 6) is 5.72. The van der Waals surface area contributed by atoms with Gasteiger partial charge in [-0.25, -0.2) is 0 Å². The molecule has 0 aliphatic carbocycles. The monoisotopic (exact) mass is 257 g/mol. The van der Waals surface area contributed by atoms with E-state index in [-0.39, 0.29) is 6.04 Å². The van der Waals surface area contributed by atoms with E-state index in [0.29, 0.717) is 0 Å². The Morgan fingerprint density at radius 2 is 2.00 bits per heavy atom. The summed E-state index contributed by atoms with van der Waals surface area (Å²) in [6.45, 7) is 2.23. The number of pyridine rings is 1. The van der Waals surface area contributed by atoms with Crippen LogP contribution in [0.15, 0.2) is 36.5 Å². The Morgan fingerprint density at radius 3 is 2.79 bits per heavy atom. The van der Waals surface area contributed by atoms with Crippen LogP contribution in [0.2, 0.25) is 0 Å². The average molecular weight is 257 g/mol. The largest absolute Gasteiger partial charge is 0.271 e. The summed E-state index contributed by atoms with van der Waals surface area (Å²) in [6, 6.07) is 10.5. The molecule has 2 rings (SSSR count). The molecule has 0 saturated carbocycles. The van der Waals surface area contributed by atoms with Crippen molar-refractivity contribution in [2.24, 2.45) is 5.84 Å². The minimum atomic E-state index is 0.142. The molecule has 0 saturated heterocycles. The van der Waals surface area contributed by atoms with Gasteiger partial charge in [-0.15, -0.1) is 0 Å². The van der Waals surface area contributed by atoms with Gasteiger partial charge in [0.2, 0.25) is 0 Å². The number of nitrogens with one attached hydrogen (secondary N) is 1. The highest BCUT2D eigenvalue weighted by molar-refractivity contribution is 5.84. The normalized spacial score (nSPS) is 12.7. The second kappa shape index (κ2) is 7.22. The lowest BCUT2D eigenvalue weighted by atomic mass is 10.0. The van der Waals surface area contributed by atoms with Crippen LogP contribution in [0.5, 0.6) is 0 Å². The standard InChI is InChI=1S/C16H23N3/c1-2-3-4-5-10-15(19-17)16-14-9-7-6-8-13(14)11-12-18-16/h6-9,11-12,15,19H,2-5,10,17H2,1H3. The van der Waals surface area contributed by atoms with Crippen molar-refractivity contribution in [3.05, 3.63) is 42.2 Å². The first-order chi connectivity index (χ1) is 9.36. The number of hydrazine groups is 1. The molecule has 19 heavy (non-hydrogen) atoms. The molecule has 0 aliphatic rings. The highest BCUT2D eigenvalue weighted by Gasteiger charge is 2.13. The lowest BCUT2D eigenvalue weighted by Gasteiger charge is -2.17. The zero-order valence-corrected chi connectivity index (χ0v) is 11.6. The van der Waals surface area contributed by atoms with Gasteiger partial charge in [-0.05, 0) is 17.9 Å². The molecule has 0 aliphatic heterocycles. The minimum Gasteiger partial charge on any atom is -0.271 e. The third kappa shape index (κ3) is 3.52. The number of hydrogen-bond acceptors (Lipinski definition) is 3. The number of benzene rings is 1. The topological polar surface area (TPSA) is 50.9 Å². The van der Waals surface area contributed by atoms with E-state index in [1.165, 1.54) is 36.5 Å². The van der Waals surface area contributed by atoms with Crippen molar-refractivity contribution < 1.29 is 0 Å². The molecule has 3 heteroatoms. The summed E-state index contributed by atoms with van der Waals surface area (Å²) < 4.78 is 0. The summed E-state index contributed by atoms with van der Waals surface area (Å²) in [5.41, 5.74) is 3.99. The van der Waals surface area contributed by atoms with Gasteiger partial charge in [0.15, 0.2) is 0 Å². The predicted molar refractivity (Wildman–Crippen MR) is 80.6 cm³/mol. The van der Waals surface area contributed by atoms with E-state index in [1.807, 2.05) is 12.3 Å². The number of nitrogens with zero attached hydrogens (tertiary/aromatic N) is 1. The van der Waals surface area contributed by atoms with E-state index in [9.17, 15) is 0 Å². The van der Waals surface area contributed by atoms with Gasteiger partial charge in [-0.1, -0.05) is 56.9 Å². The maximum absolute atomic E-state index is 5.72. The van der Waals surface area contributed by atoms with Crippen LogP contribution in [-0.4, -0.2) is 4.98 Å². The summed E-state index contributed by atoms with van der Waals surface area (Å²) in [4.78, 5) is 4.53. The van der Waals surface area contributed by atoms with Crippen molar-refractivity contribution in [2.75, 3.05) is 0 Å². The molecule has 0 fully saturated rings. The molecule has 1 aromatic carbocycles. The van der Waals surface area contributed by atoms with Gasteiger partial charge < -0.3 is 0 Å². The first-order valence-corrected chi connectivity index (χ1v) is 7.16. The van der Waals surface area contributed by atoms with Crippen molar-refractivity contribution in [3.8, 4) is 0 Å². The van der Waals surface area contributed by atoms with Crippen molar-refractivity contribution in [1.29, 1.82) is 0 Å². The molecule has 1 aromatic heterocycles. The first-order valence-electron chi connectivity index (χ1n) is 7.16. The summed E-state index contributed by atoms with van der Waals surface area (Å²) in [6.07, 6.45) is 7.91. The summed E-state index contributed by atoms with van der Waals surface area (Å²) in [7, 11) is 0. The second-order valence-electron chi connectivity index (χ2n) is 4.99. The third-order valence-corrected chi connectivity index (χ3v) is 3.58. The molecule has 0 bridgehead atoms. The predicted octanol–water partition coefficient (Wildman–Crippen LogP) is 3.71. The number of unbranched alkanes of at least 4 members (excludes halogenated alkanes) is 3. The maximum atomic E-state index is 5.72. The maximum Gasteiger partial charge on any atom is 0.0664 e. The Hall–Kier alpha value is -1.45. The Balaban J connectivity index is 2.16. The molecule has 0 radical (unpaired) electrons. The van der Waals surface area contributed by atoms with Crippen LogP contribution < -0.4 is 11.3 Å². The van der Waals surface area contributed by atoms with E-state index < -0.39 is 0 Å². The average Bonchev–Trinajstić information content (AvgIpc) is 2.47. The second-order valence-corrected chi connectivity index (χ2v) is 4.99. The Kier molecular flexibility index (Phi) is 5.31. The van der Waals surface area contributed by atoms with Crippen LogP contribution in [0.25, 0.3) is 10.8 Å². The van der Waals surface area contributed by atoms with Gasteiger partial charge in [0.05, 0.1) is 11.7 Å².